The van der Waals surface area contributed by atoms with Crippen LogP contribution in [0.1, 0.15) is 22.8 Å². The molecule has 0 atom stereocenters. The number of rotatable bonds is 10. The molecule has 0 aliphatic carbocycles. The van der Waals surface area contributed by atoms with Crippen molar-refractivity contribution in [2.75, 3.05) is 10.7 Å². The van der Waals surface area contributed by atoms with Gasteiger partial charge in [-0.3, -0.25) is 19.9 Å². The fourth-order valence-corrected chi connectivity index (χ4v) is 9.75. The van der Waals surface area contributed by atoms with E-state index in [9.17, 15) is 34.5 Å². The van der Waals surface area contributed by atoms with Gasteiger partial charge in [-0.2, -0.15) is 0 Å². The quantitative estimate of drug-likeness (QED) is 0.0594. The first kappa shape index (κ1) is 56.3. The second-order valence-corrected chi connectivity index (χ2v) is 17.7. The third-order valence-electron chi connectivity index (χ3n) is 6.85. The molecule has 4 aromatic heterocycles. The Morgan fingerprint density at radius 1 is 0.356 bits per heavy atom. The van der Waals surface area contributed by atoms with Crippen LogP contribution in [0.5, 0.6) is 0 Å². The minimum Gasteiger partial charge on any atom is -0.418 e. The fourth-order valence-electron chi connectivity index (χ4n) is 4.77. The van der Waals surface area contributed by atoms with Gasteiger partial charge in [0, 0.05) is 40.6 Å². The average molecular weight is 1040 g/mol. The van der Waals surface area contributed by atoms with Gasteiger partial charge in [0.2, 0.25) is 0 Å². The second-order valence-electron chi connectivity index (χ2n) is 11.1. The predicted molar refractivity (Wildman–Crippen MR) is 234 cm³/mol. The molecule has 0 spiro atoms. The van der Waals surface area contributed by atoms with Crippen LogP contribution in [0.3, 0.4) is 0 Å². The minimum atomic E-state index is -6.00. The Kier molecular flexibility index (Phi) is 32.4. The summed E-state index contributed by atoms with van der Waals surface area (Å²) in [5.41, 5.74) is 4.69. The molecule has 6 rings (SSSR count). The van der Waals surface area contributed by atoms with Crippen LogP contribution in [0.25, 0.3) is 0 Å². The van der Waals surface area contributed by atoms with E-state index in [0.717, 1.165) is 24.6 Å². The molecule has 0 unspecified atom stereocenters. The smallest absolute Gasteiger partial charge is 0.418 e. The Morgan fingerprint density at radius 3 is 0.712 bits per heavy atom. The third kappa shape index (κ3) is 32.7. The molecule has 0 saturated heterocycles. The van der Waals surface area contributed by atoms with Gasteiger partial charge in [-0.1, -0.05) is 60.7 Å². The van der Waals surface area contributed by atoms with E-state index >= 15 is 0 Å². The molecule has 6 aromatic rings. The van der Waals surface area contributed by atoms with Gasteiger partial charge in [0.05, 0.1) is 44.1 Å². The zero-order valence-electron chi connectivity index (χ0n) is 31.0. The monoisotopic (exact) mass is 1030 g/mol. The van der Waals surface area contributed by atoms with E-state index in [1.165, 1.54) is 33.4 Å². The number of aromatic nitrogens is 4. The van der Waals surface area contributed by atoms with Crippen LogP contribution in [0.15, 0.2) is 158 Å². The van der Waals surface area contributed by atoms with Gasteiger partial charge in [0.1, 0.15) is 24.6 Å². The summed E-state index contributed by atoms with van der Waals surface area (Å²) in [5.74, 6) is 0. The molecule has 59 heavy (non-hydrogen) atoms. The van der Waals surface area contributed by atoms with Crippen LogP contribution in [0, 0.1) is 0 Å². The van der Waals surface area contributed by atoms with Crippen molar-refractivity contribution in [3.63, 3.8) is 0 Å². The van der Waals surface area contributed by atoms with Crippen molar-refractivity contribution in [2.24, 2.45) is 0 Å². The average Bonchev–Trinajstić information content (AvgIpc) is 3.19. The van der Waals surface area contributed by atoms with Gasteiger partial charge in [0.15, 0.2) is 0 Å². The fraction of sp³-hybridized carbons (Fsp3) is 0.158. The van der Waals surface area contributed by atoms with Crippen molar-refractivity contribution >= 4 is 87.4 Å². The van der Waals surface area contributed by atoms with Crippen LogP contribution in [0.4, 0.5) is 34.5 Å². The van der Waals surface area contributed by atoms with E-state index in [2.05, 4.69) is 129 Å². The van der Waals surface area contributed by atoms with Crippen molar-refractivity contribution < 1.29 is 54.9 Å². The number of alkyl halides is 4. The molecular formula is C38H40B2Cl4F8N4P2Pd+2. The first-order valence-electron chi connectivity index (χ1n) is 17.0. The molecular weight excluding hydrogens is 996 g/mol. The molecule has 0 saturated carbocycles. The van der Waals surface area contributed by atoms with Crippen LogP contribution in [-0.4, -0.2) is 45.1 Å². The predicted octanol–water partition coefficient (Wildman–Crippen LogP) is 12.9. The van der Waals surface area contributed by atoms with Crippen molar-refractivity contribution in [1.82, 2.24) is 19.9 Å². The summed E-state index contributed by atoms with van der Waals surface area (Å²) in [7, 11) is -13.5. The van der Waals surface area contributed by atoms with Crippen LogP contribution in [-0.2, 0) is 45.1 Å². The van der Waals surface area contributed by atoms with Crippen molar-refractivity contribution in [2.45, 2.75) is 24.6 Å². The molecule has 21 heteroatoms. The maximum atomic E-state index is 9.75. The third-order valence-corrected chi connectivity index (χ3v) is 12.3. The summed E-state index contributed by atoms with van der Waals surface area (Å²) in [6.45, 7) is 0. The first-order valence-corrected chi connectivity index (χ1v) is 23.0. The maximum Gasteiger partial charge on any atom is 2.00 e. The van der Waals surface area contributed by atoms with Gasteiger partial charge < -0.3 is 34.5 Å². The van der Waals surface area contributed by atoms with Crippen LogP contribution >= 0.6 is 62.2 Å². The van der Waals surface area contributed by atoms with E-state index in [0.29, 0.717) is 0 Å². The molecule has 4 heterocycles. The van der Waals surface area contributed by atoms with Gasteiger partial charge in [-0.15, -0.1) is 46.4 Å². The van der Waals surface area contributed by atoms with E-state index in [1.807, 2.05) is 49.1 Å². The number of nitrogens with zero attached hydrogens (tertiary/aromatic N) is 4. The van der Waals surface area contributed by atoms with Crippen molar-refractivity contribution in [1.29, 1.82) is 0 Å². The molecule has 0 aliphatic heterocycles. The molecule has 0 radical (unpaired) electrons. The zero-order chi connectivity index (χ0) is 43.1. The number of benzene rings is 2. The molecule has 4 nitrogen and oxygen atoms in total. The molecule has 0 bridgehead atoms. The summed E-state index contributed by atoms with van der Waals surface area (Å²) < 4.78 is 78.0. The number of halogens is 12. The largest absolute Gasteiger partial charge is 2.00 e. The van der Waals surface area contributed by atoms with Gasteiger partial charge in [0.25, 0.3) is 0 Å². The van der Waals surface area contributed by atoms with E-state index in [4.69, 9.17) is 46.4 Å². The first-order chi connectivity index (χ1) is 27.7. The van der Waals surface area contributed by atoms with Crippen LogP contribution < -0.4 is 10.6 Å². The standard InChI is InChI=1S/2C18H17N2P.2CH2Cl2.2BF4.Pd/c2*1-2-10-18(11-3-1)21(14-16-8-4-6-12-19-16)15-17-9-5-7-13-20-17;2*2-1-3;2*2-1(3,4)5;/h2*1-13H,14-15H2;2*1H2;;;/q;;;;2*-1;+2/p+2. The summed E-state index contributed by atoms with van der Waals surface area (Å²) in [6.07, 6.45) is 11.6. The molecule has 2 aromatic carbocycles. The van der Waals surface area contributed by atoms with Crippen molar-refractivity contribution in [3.05, 3.63) is 181 Å². The number of hydrogen-bond acceptors (Lipinski definition) is 4. The minimum absolute atomic E-state index is 0. The summed E-state index contributed by atoms with van der Waals surface area (Å²) in [4.78, 5) is 18.0. The molecule has 320 valence electrons. The Balaban J connectivity index is 0.000000829. The number of hydrogen-bond donors (Lipinski definition) is 0. The van der Waals surface area contributed by atoms with Crippen LogP contribution in [0.2, 0.25) is 0 Å². The van der Waals surface area contributed by atoms with Gasteiger partial charge in [-0.25, -0.2) is 0 Å². The van der Waals surface area contributed by atoms with Crippen molar-refractivity contribution in [3.8, 4) is 0 Å². The Morgan fingerprint density at radius 2 is 0.542 bits per heavy atom. The van der Waals surface area contributed by atoms with Gasteiger partial charge >= 0.3 is 34.9 Å². The second kappa shape index (κ2) is 33.9. The van der Waals surface area contributed by atoms with E-state index in [1.54, 1.807) is 0 Å². The summed E-state index contributed by atoms with van der Waals surface area (Å²) in [6, 6.07) is 46.2. The molecule has 0 fully saturated rings. The molecule has 0 aliphatic rings. The summed E-state index contributed by atoms with van der Waals surface area (Å²) in [5, 5.41) is 3.28. The Bertz CT molecular complexity index is 1620. The molecule has 0 N–H and O–H groups in total. The SMILES string of the molecule is ClCCl.ClCCl.F[B-](F)(F)F.F[B-](F)(F)F.[Pd+2].c1ccc([PH+](Cc2ccccn2)Cc2ccccn2)cc1.c1ccc([PH+](Cc2ccccn2)Cc2ccccn2)cc1. The molecule has 0 amide bonds. The Hall–Kier alpha value is -2.71. The van der Waals surface area contributed by atoms with E-state index < -0.39 is 30.4 Å². The Labute approximate surface area is 376 Å². The summed E-state index contributed by atoms with van der Waals surface area (Å²) >= 11 is 19.1. The normalized spacial score (nSPS) is 10.3. The maximum absolute atomic E-state index is 9.75. The van der Waals surface area contributed by atoms with Gasteiger partial charge in [-0.05, 0) is 72.8 Å². The van der Waals surface area contributed by atoms with E-state index in [-0.39, 0.29) is 31.1 Å². The zero-order valence-corrected chi connectivity index (χ0v) is 37.6. The topological polar surface area (TPSA) is 51.6 Å². The number of pyridine rings is 4.